The second kappa shape index (κ2) is 6.87. The summed E-state index contributed by atoms with van der Waals surface area (Å²) >= 11 is 0. The van der Waals surface area contributed by atoms with E-state index in [1.807, 2.05) is 0 Å². The van der Waals surface area contributed by atoms with E-state index in [9.17, 15) is 19.3 Å². The van der Waals surface area contributed by atoms with Crippen molar-refractivity contribution in [1.29, 1.82) is 0 Å². The fourth-order valence-corrected chi connectivity index (χ4v) is 2.05. The summed E-state index contributed by atoms with van der Waals surface area (Å²) in [5.74, 6) is -0.867. The van der Waals surface area contributed by atoms with Crippen LogP contribution in [0.5, 0.6) is 0 Å². The van der Waals surface area contributed by atoms with Crippen LogP contribution >= 0.6 is 0 Å². The van der Waals surface area contributed by atoms with Crippen LogP contribution in [0.1, 0.15) is 11.1 Å². The van der Waals surface area contributed by atoms with Gasteiger partial charge in [0.15, 0.2) is 0 Å². The van der Waals surface area contributed by atoms with Gasteiger partial charge in [0.05, 0.1) is 11.5 Å². The molecule has 0 spiro atoms. The van der Waals surface area contributed by atoms with Gasteiger partial charge in [-0.1, -0.05) is 12.1 Å². The fraction of sp³-hybridized carbons (Fsp3) is 0.188. The standard InChI is InChI=1S/C16H16FN3O3/c1-10-3-6-13(15(7-10)20(22)23)19-16(21)9-18-14-8-12(17)5-4-11(14)2/h3-8,18H,9H2,1-2H3,(H,19,21). The lowest BCUT2D eigenvalue weighted by Gasteiger charge is -2.10. The maximum atomic E-state index is 13.2. The van der Waals surface area contributed by atoms with E-state index in [2.05, 4.69) is 10.6 Å². The van der Waals surface area contributed by atoms with E-state index in [0.29, 0.717) is 5.69 Å². The first kappa shape index (κ1) is 16.4. The van der Waals surface area contributed by atoms with Crippen LogP contribution in [-0.2, 0) is 4.79 Å². The van der Waals surface area contributed by atoms with Gasteiger partial charge in [-0.3, -0.25) is 14.9 Å². The minimum Gasteiger partial charge on any atom is -0.376 e. The van der Waals surface area contributed by atoms with Gasteiger partial charge in [-0.25, -0.2) is 4.39 Å². The first-order valence-corrected chi connectivity index (χ1v) is 6.92. The summed E-state index contributed by atoms with van der Waals surface area (Å²) in [7, 11) is 0. The first-order valence-electron chi connectivity index (χ1n) is 6.92. The van der Waals surface area contributed by atoms with Gasteiger partial charge in [0.1, 0.15) is 11.5 Å². The number of hydrogen-bond donors (Lipinski definition) is 2. The Labute approximate surface area is 132 Å². The van der Waals surface area contributed by atoms with E-state index < -0.39 is 16.6 Å². The zero-order valence-electron chi connectivity index (χ0n) is 12.7. The van der Waals surface area contributed by atoms with Gasteiger partial charge in [0, 0.05) is 11.8 Å². The molecular formula is C16H16FN3O3. The van der Waals surface area contributed by atoms with Gasteiger partial charge in [0.2, 0.25) is 5.91 Å². The first-order chi connectivity index (χ1) is 10.9. The van der Waals surface area contributed by atoms with Gasteiger partial charge >= 0.3 is 0 Å². The predicted octanol–water partition coefficient (Wildman–Crippen LogP) is 3.40. The highest BCUT2D eigenvalue weighted by Crippen LogP contribution is 2.25. The monoisotopic (exact) mass is 317 g/mol. The Kier molecular flexibility index (Phi) is 4.90. The van der Waals surface area contributed by atoms with Gasteiger partial charge < -0.3 is 10.6 Å². The summed E-state index contributed by atoms with van der Waals surface area (Å²) in [5, 5.41) is 16.3. The SMILES string of the molecule is Cc1ccc(NC(=O)CNc2cc(F)ccc2C)c([N+](=O)[O-])c1. The van der Waals surface area contributed by atoms with Crippen molar-refractivity contribution < 1.29 is 14.1 Å². The molecule has 120 valence electrons. The molecule has 0 bridgehead atoms. The van der Waals surface area contributed by atoms with Gasteiger partial charge in [-0.05, 0) is 43.2 Å². The van der Waals surface area contributed by atoms with Crippen molar-refractivity contribution in [2.75, 3.05) is 17.2 Å². The van der Waals surface area contributed by atoms with Crippen molar-refractivity contribution in [3.05, 3.63) is 63.5 Å². The molecule has 0 aliphatic rings. The lowest BCUT2D eigenvalue weighted by atomic mass is 10.2. The smallest absolute Gasteiger partial charge is 0.293 e. The van der Waals surface area contributed by atoms with E-state index in [1.54, 1.807) is 26.0 Å². The molecule has 1 amide bonds. The van der Waals surface area contributed by atoms with Crippen LogP contribution in [0.25, 0.3) is 0 Å². The number of carbonyl (C=O) groups is 1. The molecule has 23 heavy (non-hydrogen) atoms. The normalized spacial score (nSPS) is 10.2. The Morgan fingerprint density at radius 2 is 1.91 bits per heavy atom. The average molecular weight is 317 g/mol. The minimum atomic E-state index is -0.549. The number of nitro groups is 1. The molecule has 0 heterocycles. The number of carbonyl (C=O) groups excluding carboxylic acids is 1. The third kappa shape index (κ3) is 4.26. The number of nitrogens with one attached hydrogen (secondary N) is 2. The van der Waals surface area contributed by atoms with Crippen molar-refractivity contribution in [3.63, 3.8) is 0 Å². The molecule has 0 aliphatic heterocycles. The summed E-state index contributed by atoms with van der Waals surface area (Å²) < 4.78 is 13.2. The van der Waals surface area contributed by atoms with Gasteiger partial charge in [-0.2, -0.15) is 0 Å². The number of nitrogens with zero attached hydrogens (tertiary/aromatic N) is 1. The maximum Gasteiger partial charge on any atom is 0.293 e. The fourth-order valence-electron chi connectivity index (χ4n) is 2.05. The lowest BCUT2D eigenvalue weighted by molar-refractivity contribution is -0.384. The van der Waals surface area contributed by atoms with Crippen LogP contribution in [0.15, 0.2) is 36.4 Å². The van der Waals surface area contributed by atoms with Crippen LogP contribution in [0, 0.1) is 29.8 Å². The molecular weight excluding hydrogens is 301 g/mol. The number of hydrogen-bond acceptors (Lipinski definition) is 4. The molecule has 2 N–H and O–H groups in total. The topological polar surface area (TPSA) is 84.3 Å². The molecule has 0 aromatic heterocycles. The molecule has 0 aliphatic carbocycles. The molecule has 0 radical (unpaired) electrons. The molecule has 2 rings (SSSR count). The molecule has 0 atom stereocenters. The van der Waals surface area contributed by atoms with E-state index in [0.717, 1.165) is 11.1 Å². The van der Waals surface area contributed by atoms with E-state index in [1.165, 1.54) is 24.3 Å². The summed E-state index contributed by atoms with van der Waals surface area (Å²) in [6.45, 7) is 3.38. The largest absolute Gasteiger partial charge is 0.376 e. The zero-order valence-corrected chi connectivity index (χ0v) is 12.7. The third-order valence-electron chi connectivity index (χ3n) is 3.26. The highest BCUT2D eigenvalue weighted by Gasteiger charge is 2.16. The molecule has 7 heteroatoms. The van der Waals surface area contributed by atoms with Crippen molar-refractivity contribution in [2.45, 2.75) is 13.8 Å². The molecule has 0 saturated carbocycles. The van der Waals surface area contributed by atoms with Crippen molar-refractivity contribution in [3.8, 4) is 0 Å². The Morgan fingerprint density at radius 1 is 1.17 bits per heavy atom. The minimum absolute atomic E-state index is 0.128. The molecule has 0 saturated heterocycles. The molecule has 0 unspecified atom stereocenters. The van der Waals surface area contributed by atoms with E-state index in [-0.39, 0.29) is 17.9 Å². The number of amides is 1. The summed E-state index contributed by atoms with van der Waals surface area (Å²) in [5.41, 5.74) is 1.98. The number of benzene rings is 2. The highest BCUT2D eigenvalue weighted by molar-refractivity contribution is 5.95. The molecule has 2 aromatic rings. The summed E-state index contributed by atoms with van der Waals surface area (Å²) in [6.07, 6.45) is 0. The average Bonchev–Trinajstić information content (AvgIpc) is 2.49. The number of aryl methyl sites for hydroxylation is 2. The quantitative estimate of drug-likeness (QED) is 0.654. The number of halogens is 1. The summed E-state index contributed by atoms with van der Waals surface area (Å²) in [4.78, 5) is 22.4. The Balaban J connectivity index is 2.06. The number of rotatable bonds is 5. The third-order valence-corrected chi connectivity index (χ3v) is 3.26. The predicted molar refractivity (Wildman–Crippen MR) is 86.1 cm³/mol. The van der Waals surface area contributed by atoms with Crippen LogP contribution in [-0.4, -0.2) is 17.4 Å². The van der Waals surface area contributed by atoms with Crippen molar-refractivity contribution >= 4 is 23.0 Å². The summed E-state index contributed by atoms with van der Waals surface area (Å²) in [6, 6.07) is 8.76. The van der Waals surface area contributed by atoms with Crippen LogP contribution < -0.4 is 10.6 Å². The maximum absolute atomic E-state index is 13.2. The van der Waals surface area contributed by atoms with Crippen molar-refractivity contribution in [1.82, 2.24) is 0 Å². The Hall–Kier alpha value is -2.96. The Bertz CT molecular complexity index is 762. The van der Waals surface area contributed by atoms with E-state index in [4.69, 9.17) is 0 Å². The number of nitro benzene ring substituents is 1. The van der Waals surface area contributed by atoms with Gasteiger partial charge in [0.25, 0.3) is 5.69 Å². The van der Waals surface area contributed by atoms with Crippen LogP contribution in [0.3, 0.4) is 0 Å². The lowest BCUT2D eigenvalue weighted by Crippen LogP contribution is -2.22. The Morgan fingerprint density at radius 3 is 2.61 bits per heavy atom. The molecule has 6 nitrogen and oxygen atoms in total. The molecule has 2 aromatic carbocycles. The highest BCUT2D eigenvalue weighted by atomic mass is 19.1. The van der Waals surface area contributed by atoms with Crippen LogP contribution in [0.2, 0.25) is 0 Å². The molecule has 0 fully saturated rings. The number of anilines is 2. The second-order valence-electron chi connectivity index (χ2n) is 5.14. The van der Waals surface area contributed by atoms with Gasteiger partial charge in [-0.15, -0.1) is 0 Å². The second-order valence-corrected chi connectivity index (χ2v) is 5.14. The zero-order chi connectivity index (χ0) is 17.0. The van der Waals surface area contributed by atoms with Crippen LogP contribution in [0.4, 0.5) is 21.5 Å². The van der Waals surface area contributed by atoms with Crippen molar-refractivity contribution in [2.24, 2.45) is 0 Å². The van der Waals surface area contributed by atoms with E-state index >= 15 is 0 Å².